The number of methoxy groups -OCH3 is 1. The second-order valence-corrected chi connectivity index (χ2v) is 5.73. The van der Waals surface area contributed by atoms with E-state index >= 15 is 0 Å². The maximum Gasteiger partial charge on any atom is 0.161 e. The van der Waals surface area contributed by atoms with E-state index in [1.807, 2.05) is 37.3 Å². The summed E-state index contributed by atoms with van der Waals surface area (Å²) in [5, 5.41) is 9.37. The number of hydrogen-bond acceptors (Lipinski definition) is 4. The Morgan fingerprint density at radius 1 is 1.18 bits per heavy atom. The van der Waals surface area contributed by atoms with Crippen LogP contribution < -0.4 is 9.47 Å². The molecule has 0 radical (unpaired) electrons. The first kappa shape index (κ1) is 16.7. The summed E-state index contributed by atoms with van der Waals surface area (Å²) in [5.41, 5.74) is 1.38. The van der Waals surface area contributed by atoms with Crippen LogP contribution in [0.2, 0.25) is 0 Å². The molecule has 2 atom stereocenters. The number of likely N-dealkylation sites (tertiary alicyclic amines) is 1. The van der Waals surface area contributed by atoms with Crippen LogP contribution in [-0.4, -0.2) is 43.4 Å². The van der Waals surface area contributed by atoms with Crippen molar-refractivity contribution in [1.29, 1.82) is 0 Å². The Labute approximate surface area is 133 Å². The lowest BCUT2D eigenvalue weighted by atomic mass is 9.91. The zero-order valence-electron chi connectivity index (χ0n) is 13.8. The number of para-hydroxylation sites is 2. The van der Waals surface area contributed by atoms with Gasteiger partial charge in [0.05, 0.1) is 19.8 Å². The molecule has 0 bridgehead atoms. The van der Waals surface area contributed by atoms with E-state index in [2.05, 4.69) is 11.9 Å². The van der Waals surface area contributed by atoms with Gasteiger partial charge in [-0.15, -0.1) is 0 Å². The monoisotopic (exact) mass is 305 g/mol. The molecule has 1 fully saturated rings. The van der Waals surface area contributed by atoms with Gasteiger partial charge in [-0.05, 0) is 44.4 Å². The molecule has 1 saturated heterocycles. The zero-order valence-corrected chi connectivity index (χ0v) is 13.8. The maximum atomic E-state index is 9.37. The highest BCUT2D eigenvalue weighted by Gasteiger charge is 2.29. The average Bonchev–Trinajstić information content (AvgIpc) is 2.90. The molecule has 1 aliphatic heterocycles. The number of benzene rings is 1. The maximum absolute atomic E-state index is 9.37. The van der Waals surface area contributed by atoms with Gasteiger partial charge in [0.15, 0.2) is 11.5 Å². The summed E-state index contributed by atoms with van der Waals surface area (Å²) in [6, 6.07) is 7.61. The standard InChI is InChI=1S/C9H15NO.C9H12O2/c1-10-5-4-7-2-3-8(11)6-9(7)10;1-3-11-9-7-5-4-6-8(9)10-2/h6-8,11H,2-5H2,1H3;4-7H,3H2,1-2H3. The summed E-state index contributed by atoms with van der Waals surface area (Å²) in [5.74, 6) is 2.34. The normalized spacial score (nSPS) is 23.1. The number of allylic oxidation sites excluding steroid dienone is 1. The quantitative estimate of drug-likeness (QED) is 0.932. The molecule has 4 heteroatoms. The van der Waals surface area contributed by atoms with Crippen molar-refractivity contribution in [1.82, 2.24) is 4.90 Å². The smallest absolute Gasteiger partial charge is 0.161 e. The van der Waals surface area contributed by atoms with Gasteiger partial charge in [-0.3, -0.25) is 0 Å². The number of fused-ring (bicyclic) bond motifs is 1. The van der Waals surface area contributed by atoms with E-state index in [4.69, 9.17) is 9.47 Å². The molecular weight excluding hydrogens is 278 g/mol. The van der Waals surface area contributed by atoms with Gasteiger partial charge in [0.2, 0.25) is 0 Å². The molecule has 1 aromatic carbocycles. The van der Waals surface area contributed by atoms with Gasteiger partial charge in [-0.25, -0.2) is 0 Å². The van der Waals surface area contributed by atoms with Gasteiger partial charge in [0.1, 0.15) is 0 Å². The van der Waals surface area contributed by atoms with Crippen molar-refractivity contribution in [2.45, 2.75) is 32.3 Å². The van der Waals surface area contributed by atoms with Crippen LogP contribution in [0.5, 0.6) is 11.5 Å². The minimum absolute atomic E-state index is 0.179. The van der Waals surface area contributed by atoms with Crippen LogP contribution in [-0.2, 0) is 0 Å². The van der Waals surface area contributed by atoms with Crippen molar-refractivity contribution in [3.05, 3.63) is 36.0 Å². The predicted molar refractivity (Wildman–Crippen MR) is 88.2 cm³/mol. The van der Waals surface area contributed by atoms with E-state index in [0.717, 1.165) is 23.8 Å². The summed E-state index contributed by atoms with van der Waals surface area (Å²) in [7, 11) is 3.75. The van der Waals surface area contributed by atoms with Crippen LogP contribution >= 0.6 is 0 Å². The SMILES string of the molecule is CCOc1ccccc1OC.CN1CCC2CCC(O)C=C21. The number of ether oxygens (including phenoxy) is 2. The average molecular weight is 305 g/mol. The van der Waals surface area contributed by atoms with E-state index < -0.39 is 0 Å². The van der Waals surface area contributed by atoms with E-state index in [-0.39, 0.29) is 6.10 Å². The van der Waals surface area contributed by atoms with Crippen molar-refractivity contribution < 1.29 is 14.6 Å². The molecule has 3 rings (SSSR count). The van der Waals surface area contributed by atoms with Gasteiger partial charge >= 0.3 is 0 Å². The zero-order chi connectivity index (χ0) is 15.9. The molecule has 0 amide bonds. The van der Waals surface area contributed by atoms with Gasteiger partial charge < -0.3 is 19.5 Å². The Bertz CT molecular complexity index is 501. The molecule has 1 aromatic rings. The van der Waals surface area contributed by atoms with Gasteiger partial charge in [-0.1, -0.05) is 12.1 Å². The van der Waals surface area contributed by atoms with Crippen LogP contribution in [0.1, 0.15) is 26.2 Å². The highest BCUT2D eigenvalue weighted by atomic mass is 16.5. The van der Waals surface area contributed by atoms with Crippen molar-refractivity contribution in [2.24, 2.45) is 5.92 Å². The van der Waals surface area contributed by atoms with Gasteiger partial charge in [0, 0.05) is 25.2 Å². The van der Waals surface area contributed by atoms with Crippen molar-refractivity contribution in [3.63, 3.8) is 0 Å². The lowest BCUT2D eigenvalue weighted by molar-refractivity contribution is 0.189. The molecule has 1 N–H and O–H groups in total. The summed E-state index contributed by atoms with van der Waals surface area (Å²) >= 11 is 0. The van der Waals surface area contributed by atoms with Gasteiger partial charge in [-0.2, -0.15) is 0 Å². The molecular formula is C18H27NO3. The van der Waals surface area contributed by atoms with Gasteiger partial charge in [0.25, 0.3) is 0 Å². The molecule has 122 valence electrons. The first-order valence-electron chi connectivity index (χ1n) is 8.02. The minimum atomic E-state index is -0.179. The Morgan fingerprint density at radius 2 is 1.91 bits per heavy atom. The van der Waals surface area contributed by atoms with E-state index in [9.17, 15) is 5.11 Å². The summed E-state index contributed by atoms with van der Waals surface area (Å²) in [6.45, 7) is 3.79. The molecule has 1 heterocycles. The second-order valence-electron chi connectivity index (χ2n) is 5.73. The third kappa shape index (κ3) is 4.17. The Balaban J connectivity index is 0.000000160. The first-order chi connectivity index (χ1) is 10.7. The molecule has 2 unspecified atom stereocenters. The molecule has 1 aliphatic carbocycles. The van der Waals surface area contributed by atoms with E-state index in [1.165, 1.54) is 25.1 Å². The van der Waals surface area contributed by atoms with E-state index in [1.54, 1.807) is 7.11 Å². The van der Waals surface area contributed by atoms with Crippen LogP contribution in [0.3, 0.4) is 0 Å². The van der Waals surface area contributed by atoms with Crippen molar-refractivity contribution in [2.75, 3.05) is 27.3 Å². The largest absolute Gasteiger partial charge is 0.493 e. The fraction of sp³-hybridized carbons (Fsp3) is 0.556. The van der Waals surface area contributed by atoms with Crippen molar-refractivity contribution in [3.8, 4) is 11.5 Å². The Hall–Kier alpha value is -1.68. The highest BCUT2D eigenvalue weighted by Crippen LogP contribution is 2.34. The third-order valence-corrected chi connectivity index (χ3v) is 4.21. The number of aliphatic hydroxyl groups is 1. The molecule has 22 heavy (non-hydrogen) atoms. The molecule has 0 aromatic heterocycles. The fourth-order valence-corrected chi connectivity index (χ4v) is 3.04. The predicted octanol–water partition coefficient (Wildman–Crippen LogP) is 3.07. The molecule has 0 spiro atoms. The van der Waals surface area contributed by atoms with Crippen LogP contribution in [0.15, 0.2) is 36.0 Å². The third-order valence-electron chi connectivity index (χ3n) is 4.21. The van der Waals surface area contributed by atoms with E-state index in [0.29, 0.717) is 6.61 Å². The summed E-state index contributed by atoms with van der Waals surface area (Å²) in [6.07, 6.45) is 5.28. The molecule has 4 nitrogen and oxygen atoms in total. The molecule has 0 saturated carbocycles. The number of aliphatic hydroxyl groups excluding tert-OH is 1. The number of nitrogens with zero attached hydrogens (tertiary/aromatic N) is 1. The number of hydrogen-bond donors (Lipinski definition) is 1. The minimum Gasteiger partial charge on any atom is -0.493 e. The first-order valence-corrected chi connectivity index (χ1v) is 8.02. The highest BCUT2D eigenvalue weighted by molar-refractivity contribution is 5.39. The number of rotatable bonds is 3. The fourth-order valence-electron chi connectivity index (χ4n) is 3.04. The lowest BCUT2D eigenvalue weighted by Crippen LogP contribution is -2.20. The van der Waals surface area contributed by atoms with Crippen LogP contribution in [0.25, 0.3) is 0 Å². The Kier molecular flexibility index (Phi) is 6.13. The molecule has 2 aliphatic rings. The van der Waals surface area contributed by atoms with Crippen molar-refractivity contribution >= 4 is 0 Å². The Morgan fingerprint density at radius 3 is 2.59 bits per heavy atom. The lowest BCUT2D eigenvalue weighted by Gasteiger charge is -2.24. The second kappa shape index (κ2) is 8.08. The van der Waals surface area contributed by atoms with Crippen LogP contribution in [0, 0.1) is 5.92 Å². The topological polar surface area (TPSA) is 41.9 Å². The summed E-state index contributed by atoms with van der Waals surface area (Å²) in [4.78, 5) is 2.27. The summed E-state index contributed by atoms with van der Waals surface area (Å²) < 4.78 is 10.4. The van der Waals surface area contributed by atoms with Crippen LogP contribution in [0.4, 0.5) is 0 Å².